The molecule has 0 atom stereocenters. The van der Waals surface area contributed by atoms with E-state index in [1.165, 1.54) is 19.4 Å². The predicted molar refractivity (Wildman–Crippen MR) is 59.8 cm³/mol. The van der Waals surface area contributed by atoms with E-state index in [0.717, 1.165) is 13.1 Å². The van der Waals surface area contributed by atoms with Crippen LogP contribution in [0.2, 0.25) is 0 Å². The van der Waals surface area contributed by atoms with Gasteiger partial charge >= 0.3 is 0 Å². The summed E-state index contributed by atoms with van der Waals surface area (Å²) < 4.78 is 0. The van der Waals surface area contributed by atoms with Crippen molar-refractivity contribution >= 4 is 0 Å². The van der Waals surface area contributed by atoms with E-state index < -0.39 is 0 Å². The molecule has 0 radical (unpaired) electrons. The first kappa shape index (κ1) is 12.5. The number of nitrogens with zero attached hydrogens (tertiary/aromatic N) is 1. The van der Waals surface area contributed by atoms with E-state index in [2.05, 4.69) is 37.6 Å². The zero-order valence-corrected chi connectivity index (χ0v) is 9.34. The van der Waals surface area contributed by atoms with Gasteiger partial charge in [-0.2, -0.15) is 0 Å². The number of nitrogens with one attached hydrogen (secondary N) is 1. The molecule has 0 aromatic carbocycles. The Morgan fingerprint density at radius 2 is 2.08 bits per heavy atom. The largest absolute Gasteiger partial charge is 0.390 e. The number of hydrogen-bond donors (Lipinski definition) is 1. The lowest BCUT2D eigenvalue weighted by atomic mass is 10.2. The van der Waals surface area contributed by atoms with E-state index in [0.29, 0.717) is 6.04 Å². The Balaban J connectivity index is 3.60. The van der Waals surface area contributed by atoms with Gasteiger partial charge in [-0.15, -0.1) is 0 Å². The molecule has 2 nitrogen and oxygen atoms in total. The fraction of sp³-hybridized carbons (Fsp3) is 0.818. The van der Waals surface area contributed by atoms with Crippen molar-refractivity contribution in [2.75, 3.05) is 19.6 Å². The topological polar surface area (TPSA) is 15.3 Å². The molecule has 0 fully saturated rings. The maximum Gasteiger partial charge on any atom is 0.0269 e. The molecular formula is C11H24N2. The van der Waals surface area contributed by atoms with Gasteiger partial charge in [0, 0.05) is 19.1 Å². The molecule has 0 saturated carbocycles. The van der Waals surface area contributed by atoms with Crippen LogP contribution >= 0.6 is 0 Å². The molecule has 0 aliphatic carbocycles. The Labute approximate surface area is 83.0 Å². The SMILES string of the molecule is C=CNCCN(CCCC)C(C)C. The van der Waals surface area contributed by atoms with Crippen LogP contribution in [0.1, 0.15) is 33.6 Å². The highest BCUT2D eigenvalue weighted by Gasteiger charge is 2.06. The Kier molecular flexibility index (Phi) is 7.80. The molecule has 0 aliphatic rings. The van der Waals surface area contributed by atoms with Gasteiger partial charge in [0.1, 0.15) is 0 Å². The minimum absolute atomic E-state index is 0.651. The van der Waals surface area contributed by atoms with Gasteiger partial charge < -0.3 is 5.32 Å². The standard InChI is InChI=1S/C11H24N2/c1-5-7-9-13(11(3)4)10-8-12-6-2/h6,11-12H,2,5,7-10H2,1,3-4H3. The van der Waals surface area contributed by atoms with Crippen LogP contribution in [-0.2, 0) is 0 Å². The van der Waals surface area contributed by atoms with Crippen molar-refractivity contribution in [3.8, 4) is 0 Å². The second kappa shape index (κ2) is 8.11. The summed E-state index contributed by atoms with van der Waals surface area (Å²) >= 11 is 0. The molecule has 13 heavy (non-hydrogen) atoms. The molecule has 1 N–H and O–H groups in total. The van der Waals surface area contributed by atoms with Gasteiger partial charge in [0.2, 0.25) is 0 Å². The third-order valence-corrected chi connectivity index (χ3v) is 2.22. The van der Waals surface area contributed by atoms with Crippen molar-refractivity contribution in [2.45, 2.75) is 39.7 Å². The number of unbranched alkanes of at least 4 members (excludes halogenated alkanes) is 1. The molecule has 0 heterocycles. The molecular weight excluding hydrogens is 160 g/mol. The lowest BCUT2D eigenvalue weighted by Gasteiger charge is -2.26. The molecule has 0 saturated heterocycles. The van der Waals surface area contributed by atoms with E-state index in [-0.39, 0.29) is 0 Å². The lowest BCUT2D eigenvalue weighted by molar-refractivity contribution is 0.221. The lowest BCUT2D eigenvalue weighted by Crippen LogP contribution is -2.36. The van der Waals surface area contributed by atoms with Gasteiger partial charge in [-0.1, -0.05) is 19.9 Å². The van der Waals surface area contributed by atoms with Crippen LogP contribution in [0.4, 0.5) is 0 Å². The van der Waals surface area contributed by atoms with Crippen LogP contribution in [0.25, 0.3) is 0 Å². The minimum atomic E-state index is 0.651. The molecule has 0 bridgehead atoms. The first-order chi connectivity index (χ1) is 6.22. The van der Waals surface area contributed by atoms with Gasteiger partial charge in [0.15, 0.2) is 0 Å². The zero-order chi connectivity index (χ0) is 10.1. The van der Waals surface area contributed by atoms with E-state index in [4.69, 9.17) is 0 Å². The van der Waals surface area contributed by atoms with Crippen LogP contribution in [0, 0.1) is 0 Å². The molecule has 0 rings (SSSR count). The maximum atomic E-state index is 3.63. The first-order valence-electron chi connectivity index (χ1n) is 5.30. The molecule has 78 valence electrons. The normalized spacial score (nSPS) is 10.8. The molecule has 0 aromatic rings. The van der Waals surface area contributed by atoms with Gasteiger partial charge in [0.05, 0.1) is 0 Å². The summed E-state index contributed by atoms with van der Waals surface area (Å²) in [5.41, 5.74) is 0. The van der Waals surface area contributed by atoms with Crippen molar-refractivity contribution in [2.24, 2.45) is 0 Å². The predicted octanol–water partition coefficient (Wildman–Crippen LogP) is 2.23. The van der Waals surface area contributed by atoms with Crippen molar-refractivity contribution in [1.29, 1.82) is 0 Å². The average molecular weight is 184 g/mol. The summed E-state index contributed by atoms with van der Waals surface area (Å²) in [6.07, 6.45) is 4.34. The highest BCUT2D eigenvalue weighted by molar-refractivity contribution is 4.68. The quantitative estimate of drug-likeness (QED) is 0.582. The van der Waals surface area contributed by atoms with Crippen molar-refractivity contribution < 1.29 is 0 Å². The van der Waals surface area contributed by atoms with E-state index in [1.807, 2.05) is 0 Å². The summed E-state index contributed by atoms with van der Waals surface area (Å²) in [5.74, 6) is 0. The second-order valence-corrected chi connectivity index (χ2v) is 3.64. The molecule has 0 spiro atoms. The van der Waals surface area contributed by atoms with E-state index in [1.54, 1.807) is 6.20 Å². The van der Waals surface area contributed by atoms with Crippen molar-refractivity contribution in [3.63, 3.8) is 0 Å². The Bertz CT molecular complexity index is 121. The average Bonchev–Trinajstić information content (AvgIpc) is 2.10. The van der Waals surface area contributed by atoms with Gasteiger partial charge in [0.25, 0.3) is 0 Å². The number of rotatable bonds is 8. The van der Waals surface area contributed by atoms with E-state index >= 15 is 0 Å². The maximum absolute atomic E-state index is 3.63. The summed E-state index contributed by atoms with van der Waals surface area (Å²) in [6, 6.07) is 0.651. The molecule has 2 heteroatoms. The summed E-state index contributed by atoms with van der Waals surface area (Å²) in [4.78, 5) is 2.50. The monoisotopic (exact) mass is 184 g/mol. The van der Waals surface area contributed by atoms with E-state index in [9.17, 15) is 0 Å². The Morgan fingerprint density at radius 1 is 1.38 bits per heavy atom. The smallest absolute Gasteiger partial charge is 0.0269 e. The van der Waals surface area contributed by atoms with Crippen LogP contribution in [0.15, 0.2) is 12.8 Å². The third kappa shape index (κ3) is 6.64. The van der Waals surface area contributed by atoms with Gasteiger partial charge in [-0.25, -0.2) is 0 Å². The second-order valence-electron chi connectivity index (χ2n) is 3.64. The van der Waals surface area contributed by atoms with Crippen molar-refractivity contribution in [3.05, 3.63) is 12.8 Å². The molecule has 0 unspecified atom stereocenters. The minimum Gasteiger partial charge on any atom is -0.390 e. The molecule has 0 aliphatic heterocycles. The fourth-order valence-corrected chi connectivity index (χ4v) is 1.30. The van der Waals surface area contributed by atoms with Gasteiger partial charge in [-0.3, -0.25) is 4.90 Å². The zero-order valence-electron chi connectivity index (χ0n) is 9.34. The van der Waals surface area contributed by atoms with Crippen LogP contribution in [0.5, 0.6) is 0 Å². The highest BCUT2D eigenvalue weighted by Crippen LogP contribution is 2.00. The van der Waals surface area contributed by atoms with Crippen LogP contribution in [0.3, 0.4) is 0 Å². The molecule has 0 amide bonds. The summed E-state index contributed by atoms with van der Waals surface area (Å²) in [5, 5.41) is 3.13. The molecule has 0 aromatic heterocycles. The van der Waals surface area contributed by atoms with Crippen molar-refractivity contribution in [1.82, 2.24) is 10.2 Å². The van der Waals surface area contributed by atoms with Gasteiger partial charge in [-0.05, 0) is 33.0 Å². The first-order valence-corrected chi connectivity index (χ1v) is 5.30. The summed E-state index contributed by atoms with van der Waals surface area (Å²) in [6.45, 7) is 13.7. The fourth-order valence-electron chi connectivity index (χ4n) is 1.30. The number of hydrogen-bond acceptors (Lipinski definition) is 2. The summed E-state index contributed by atoms with van der Waals surface area (Å²) in [7, 11) is 0. The third-order valence-electron chi connectivity index (χ3n) is 2.22. The van der Waals surface area contributed by atoms with Crippen LogP contribution < -0.4 is 5.32 Å². The highest BCUT2D eigenvalue weighted by atomic mass is 15.2. The Hall–Kier alpha value is -0.500. The Morgan fingerprint density at radius 3 is 2.54 bits per heavy atom. The van der Waals surface area contributed by atoms with Crippen LogP contribution in [-0.4, -0.2) is 30.6 Å².